The molecule has 2 aromatic carbocycles. The highest BCUT2D eigenvalue weighted by Gasteiger charge is 2.35. The molecule has 6 nitrogen and oxygen atoms in total. The molecule has 29 heavy (non-hydrogen) atoms. The third-order valence-electron chi connectivity index (χ3n) is 4.78. The van der Waals surface area contributed by atoms with Crippen molar-refractivity contribution in [3.63, 3.8) is 0 Å². The molecule has 152 valence electrons. The summed E-state index contributed by atoms with van der Waals surface area (Å²) in [4.78, 5) is -0.698. The fourth-order valence-electron chi connectivity index (χ4n) is 3.28. The molecule has 0 amide bonds. The first-order valence-electron chi connectivity index (χ1n) is 8.89. The van der Waals surface area contributed by atoms with Crippen molar-refractivity contribution in [1.29, 1.82) is 0 Å². The molecule has 0 radical (unpaired) electrons. The Morgan fingerprint density at radius 1 is 1.00 bits per heavy atom. The molecule has 1 aliphatic heterocycles. The Bertz CT molecular complexity index is 1130. The lowest BCUT2D eigenvalue weighted by atomic mass is 10.00. The highest BCUT2D eigenvalue weighted by molar-refractivity contribution is 7.89. The summed E-state index contributed by atoms with van der Waals surface area (Å²) in [5.74, 6) is -2.20. The average Bonchev–Trinajstić information content (AvgIpc) is 3.20. The van der Waals surface area contributed by atoms with E-state index in [1.54, 1.807) is 0 Å². The molecule has 0 N–H and O–H groups in total. The van der Waals surface area contributed by atoms with Gasteiger partial charge in [-0.2, -0.15) is 4.31 Å². The van der Waals surface area contributed by atoms with Crippen LogP contribution in [-0.4, -0.2) is 36.0 Å². The van der Waals surface area contributed by atoms with Crippen LogP contribution in [0.4, 0.5) is 13.2 Å². The predicted octanol–water partition coefficient (Wildman–Crippen LogP) is 3.72. The molecule has 1 aliphatic rings. The number of benzene rings is 2. The van der Waals surface area contributed by atoms with Crippen molar-refractivity contribution in [2.75, 3.05) is 13.1 Å². The van der Waals surface area contributed by atoms with Crippen LogP contribution in [0.25, 0.3) is 11.5 Å². The van der Waals surface area contributed by atoms with E-state index in [1.807, 2.05) is 0 Å². The van der Waals surface area contributed by atoms with Crippen LogP contribution in [0.15, 0.2) is 51.8 Å². The molecule has 3 aromatic rings. The van der Waals surface area contributed by atoms with E-state index >= 15 is 0 Å². The SMILES string of the molecule is O=S(=O)(c1cc(F)ccc1F)N1CCCC(c2nnc(-c3ccc(F)cc3)o2)C1. The number of hydrogen-bond donors (Lipinski definition) is 0. The first kappa shape index (κ1) is 19.6. The number of hydrogen-bond acceptors (Lipinski definition) is 5. The second-order valence-electron chi connectivity index (χ2n) is 6.73. The normalized spacial score (nSPS) is 18.1. The molecular weight excluding hydrogens is 407 g/mol. The monoisotopic (exact) mass is 423 g/mol. The molecule has 0 spiro atoms. The Morgan fingerprint density at radius 2 is 1.72 bits per heavy atom. The van der Waals surface area contributed by atoms with Gasteiger partial charge in [-0.15, -0.1) is 10.2 Å². The molecule has 2 heterocycles. The minimum absolute atomic E-state index is 0.00331. The van der Waals surface area contributed by atoms with E-state index in [0.717, 1.165) is 16.4 Å². The van der Waals surface area contributed by atoms with Crippen molar-refractivity contribution in [3.05, 3.63) is 65.8 Å². The third-order valence-corrected chi connectivity index (χ3v) is 6.66. The van der Waals surface area contributed by atoms with E-state index in [1.165, 1.54) is 24.3 Å². The van der Waals surface area contributed by atoms with E-state index < -0.39 is 38.3 Å². The Kier molecular flexibility index (Phi) is 5.13. The number of halogens is 3. The smallest absolute Gasteiger partial charge is 0.247 e. The number of piperidine rings is 1. The van der Waals surface area contributed by atoms with E-state index in [-0.39, 0.29) is 24.9 Å². The number of sulfonamides is 1. The van der Waals surface area contributed by atoms with E-state index in [9.17, 15) is 21.6 Å². The van der Waals surface area contributed by atoms with E-state index in [4.69, 9.17) is 4.42 Å². The Labute approximate surface area is 165 Å². The highest BCUT2D eigenvalue weighted by atomic mass is 32.2. The summed E-state index contributed by atoms with van der Waals surface area (Å²) in [6.07, 6.45) is 1.10. The molecule has 0 saturated carbocycles. The zero-order chi connectivity index (χ0) is 20.6. The Balaban J connectivity index is 1.57. The van der Waals surface area contributed by atoms with Crippen LogP contribution in [-0.2, 0) is 10.0 Å². The molecular formula is C19H16F3N3O3S. The van der Waals surface area contributed by atoms with Gasteiger partial charge in [0.15, 0.2) is 0 Å². The number of nitrogens with zero attached hydrogens (tertiary/aromatic N) is 3. The van der Waals surface area contributed by atoms with Gasteiger partial charge in [0.05, 0.1) is 5.92 Å². The van der Waals surface area contributed by atoms with Crippen LogP contribution in [0.2, 0.25) is 0 Å². The maximum atomic E-state index is 14.0. The van der Waals surface area contributed by atoms with Gasteiger partial charge < -0.3 is 4.42 Å². The van der Waals surface area contributed by atoms with Gasteiger partial charge in [-0.25, -0.2) is 21.6 Å². The lowest BCUT2D eigenvalue weighted by Crippen LogP contribution is -2.39. The zero-order valence-corrected chi connectivity index (χ0v) is 15.9. The summed E-state index contributed by atoms with van der Waals surface area (Å²) in [5, 5.41) is 7.94. The fourth-order valence-corrected chi connectivity index (χ4v) is 4.88. The van der Waals surface area contributed by atoms with E-state index in [0.29, 0.717) is 24.5 Å². The topological polar surface area (TPSA) is 76.3 Å². The van der Waals surface area contributed by atoms with Gasteiger partial charge in [-0.3, -0.25) is 0 Å². The lowest BCUT2D eigenvalue weighted by Gasteiger charge is -2.30. The van der Waals surface area contributed by atoms with Crippen molar-refractivity contribution in [1.82, 2.24) is 14.5 Å². The summed E-state index contributed by atoms with van der Waals surface area (Å²) in [5.41, 5.74) is 0.535. The number of rotatable bonds is 4. The summed E-state index contributed by atoms with van der Waals surface area (Å²) in [6.45, 7) is 0.178. The van der Waals surface area contributed by atoms with Gasteiger partial charge in [0.25, 0.3) is 0 Å². The second-order valence-corrected chi connectivity index (χ2v) is 8.64. The average molecular weight is 423 g/mol. The standard InChI is InChI=1S/C19H16F3N3O3S/c20-14-5-3-12(4-6-14)18-23-24-19(28-18)13-2-1-9-25(11-13)29(26,27)17-10-15(21)7-8-16(17)22/h3-8,10,13H,1-2,9,11H2. The van der Waals surface area contributed by atoms with Crippen molar-refractivity contribution in [2.24, 2.45) is 0 Å². The van der Waals surface area contributed by atoms with Crippen molar-refractivity contribution >= 4 is 10.0 Å². The van der Waals surface area contributed by atoms with Gasteiger partial charge >= 0.3 is 0 Å². The highest BCUT2D eigenvalue weighted by Crippen LogP contribution is 2.32. The summed E-state index contributed by atoms with van der Waals surface area (Å²) < 4.78 is 72.9. The molecule has 0 bridgehead atoms. The van der Waals surface area contributed by atoms with Crippen LogP contribution in [0.3, 0.4) is 0 Å². The van der Waals surface area contributed by atoms with Gasteiger partial charge in [-0.1, -0.05) is 0 Å². The van der Waals surface area contributed by atoms with Gasteiger partial charge in [0, 0.05) is 18.7 Å². The van der Waals surface area contributed by atoms with Crippen LogP contribution in [0.1, 0.15) is 24.7 Å². The van der Waals surface area contributed by atoms with Gasteiger partial charge in [0.1, 0.15) is 22.3 Å². The summed E-state index contributed by atoms with van der Waals surface area (Å²) in [7, 11) is -4.22. The van der Waals surface area contributed by atoms with Gasteiger partial charge in [0.2, 0.25) is 21.8 Å². The maximum Gasteiger partial charge on any atom is 0.247 e. The van der Waals surface area contributed by atoms with Crippen LogP contribution in [0, 0.1) is 17.5 Å². The van der Waals surface area contributed by atoms with Crippen molar-refractivity contribution in [2.45, 2.75) is 23.7 Å². The minimum atomic E-state index is -4.22. The van der Waals surface area contributed by atoms with Crippen LogP contribution < -0.4 is 0 Å². The lowest BCUT2D eigenvalue weighted by molar-refractivity contribution is 0.285. The largest absolute Gasteiger partial charge is 0.420 e. The summed E-state index contributed by atoms with van der Waals surface area (Å²) >= 11 is 0. The van der Waals surface area contributed by atoms with Gasteiger partial charge in [-0.05, 0) is 55.3 Å². The second kappa shape index (κ2) is 7.60. The first-order chi connectivity index (χ1) is 13.8. The van der Waals surface area contributed by atoms with Crippen LogP contribution >= 0.6 is 0 Å². The van der Waals surface area contributed by atoms with Crippen LogP contribution in [0.5, 0.6) is 0 Å². The molecule has 1 saturated heterocycles. The maximum absolute atomic E-state index is 14.0. The van der Waals surface area contributed by atoms with Crippen molar-refractivity contribution in [3.8, 4) is 11.5 Å². The third kappa shape index (κ3) is 3.90. The Morgan fingerprint density at radius 3 is 2.48 bits per heavy atom. The fraction of sp³-hybridized carbons (Fsp3) is 0.263. The molecule has 1 aromatic heterocycles. The van der Waals surface area contributed by atoms with E-state index in [2.05, 4.69) is 10.2 Å². The Hall–Kier alpha value is -2.72. The summed E-state index contributed by atoms with van der Waals surface area (Å²) in [6, 6.07) is 7.85. The molecule has 10 heteroatoms. The minimum Gasteiger partial charge on any atom is -0.420 e. The molecule has 1 fully saturated rings. The molecule has 4 rings (SSSR count). The zero-order valence-electron chi connectivity index (χ0n) is 15.1. The molecule has 0 aliphatic carbocycles. The number of aromatic nitrogens is 2. The molecule has 1 atom stereocenters. The predicted molar refractivity (Wildman–Crippen MR) is 96.8 cm³/mol. The molecule has 1 unspecified atom stereocenters. The first-order valence-corrected chi connectivity index (χ1v) is 10.3. The van der Waals surface area contributed by atoms with Crippen molar-refractivity contribution < 1.29 is 26.0 Å². The quantitative estimate of drug-likeness (QED) is 0.639.